The molecule has 22 heavy (non-hydrogen) atoms. The molecule has 0 saturated heterocycles. The highest BCUT2D eigenvalue weighted by Gasteiger charge is 2.27. The molecule has 6 nitrogen and oxygen atoms in total. The van der Waals surface area contributed by atoms with Crippen molar-refractivity contribution in [3.8, 4) is 0 Å². The van der Waals surface area contributed by atoms with Crippen molar-refractivity contribution in [1.29, 1.82) is 0 Å². The van der Waals surface area contributed by atoms with Crippen LogP contribution >= 0.6 is 0 Å². The van der Waals surface area contributed by atoms with Gasteiger partial charge in [0.2, 0.25) is 5.91 Å². The van der Waals surface area contributed by atoms with Gasteiger partial charge in [0.05, 0.1) is 6.04 Å². The molecule has 1 atom stereocenters. The Morgan fingerprint density at radius 2 is 1.68 bits per heavy atom. The van der Waals surface area contributed by atoms with Gasteiger partial charge < -0.3 is 21.7 Å². The van der Waals surface area contributed by atoms with E-state index in [-0.39, 0.29) is 17.4 Å². The summed E-state index contributed by atoms with van der Waals surface area (Å²) in [5.41, 5.74) is 6.84. The molecule has 3 amide bonds. The van der Waals surface area contributed by atoms with Gasteiger partial charge in [0.1, 0.15) is 0 Å². The molecule has 0 aliphatic rings. The van der Waals surface area contributed by atoms with Crippen molar-refractivity contribution in [3.05, 3.63) is 36.9 Å². The molecule has 1 rings (SSSR count). The number of hydrogen-bond acceptors (Lipinski definition) is 3. The number of hydrogen-bond donors (Lipinski definition) is 4. The lowest BCUT2D eigenvalue weighted by Crippen LogP contribution is -2.45. The van der Waals surface area contributed by atoms with Crippen molar-refractivity contribution >= 4 is 23.3 Å². The minimum absolute atomic E-state index is 0.239. The average molecular weight is 304 g/mol. The first-order valence-corrected chi connectivity index (χ1v) is 7.06. The van der Waals surface area contributed by atoms with Crippen LogP contribution in [0, 0.1) is 5.41 Å². The number of nitrogens with two attached hydrogens (primary N) is 1. The zero-order valence-electron chi connectivity index (χ0n) is 13.3. The van der Waals surface area contributed by atoms with E-state index in [4.69, 9.17) is 5.73 Å². The fourth-order valence-electron chi connectivity index (χ4n) is 1.59. The van der Waals surface area contributed by atoms with Gasteiger partial charge in [0, 0.05) is 17.9 Å². The predicted octanol–water partition coefficient (Wildman–Crippen LogP) is 2.31. The molecular formula is C16H24N4O2. The minimum atomic E-state index is -0.602. The Morgan fingerprint density at radius 1 is 1.18 bits per heavy atom. The lowest BCUT2D eigenvalue weighted by Gasteiger charge is -2.25. The maximum Gasteiger partial charge on any atom is 0.319 e. The Morgan fingerprint density at radius 3 is 2.14 bits per heavy atom. The van der Waals surface area contributed by atoms with E-state index in [0.717, 1.165) is 0 Å². The summed E-state index contributed by atoms with van der Waals surface area (Å²) >= 11 is 0. The normalized spacial score (nSPS) is 12.2. The maximum absolute atomic E-state index is 12.0. The molecule has 1 aromatic rings. The number of carbonyl (C=O) groups is 2. The summed E-state index contributed by atoms with van der Waals surface area (Å²) in [6.45, 7) is 9.64. The summed E-state index contributed by atoms with van der Waals surface area (Å²) in [5, 5.41) is 8.03. The predicted molar refractivity (Wildman–Crippen MR) is 89.7 cm³/mol. The Labute approximate surface area is 131 Å². The van der Waals surface area contributed by atoms with Crippen LogP contribution in [-0.2, 0) is 4.79 Å². The number of urea groups is 1. The van der Waals surface area contributed by atoms with Crippen LogP contribution in [0.5, 0.6) is 0 Å². The molecule has 0 aliphatic heterocycles. The first-order chi connectivity index (χ1) is 10.2. The van der Waals surface area contributed by atoms with E-state index in [9.17, 15) is 9.59 Å². The third kappa shape index (κ3) is 5.57. The second-order valence-corrected chi connectivity index (χ2v) is 6.03. The Kier molecular flexibility index (Phi) is 6.12. The molecule has 6 heteroatoms. The van der Waals surface area contributed by atoms with Gasteiger partial charge in [-0.3, -0.25) is 4.79 Å². The van der Waals surface area contributed by atoms with Crippen molar-refractivity contribution < 1.29 is 9.59 Å². The average Bonchev–Trinajstić information content (AvgIpc) is 2.45. The quantitative estimate of drug-likeness (QED) is 0.628. The fraction of sp³-hybridized carbons (Fsp3) is 0.375. The molecule has 0 aromatic heterocycles. The SMILES string of the molecule is C=CCNC(=O)Nc1ccc(NC(=O)[C@@H](N)C(C)(C)C)cc1. The molecule has 0 spiro atoms. The van der Waals surface area contributed by atoms with Crippen molar-refractivity contribution in [2.75, 3.05) is 17.2 Å². The second-order valence-electron chi connectivity index (χ2n) is 6.03. The van der Waals surface area contributed by atoms with E-state index in [2.05, 4.69) is 22.5 Å². The van der Waals surface area contributed by atoms with Crippen molar-refractivity contribution in [2.45, 2.75) is 26.8 Å². The fourth-order valence-corrected chi connectivity index (χ4v) is 1.59. The van der Waals surface area contributed by atoms with E-state index < -0.39 is 6.04 Å². The highest BCUT2D eigenvalue weighted by Crippen LogP contribution is 2.19. The van der Waals surface area contributed by atoms with E-state index in [1.165, 1.54) is 0 Å². The Hall–Kier alpha value is -2.34. The number of benzene rings is 1. The van der Waals surface area contributed by atoms with Crippen molar-refractivity contribution in [1.82, 2.24) is 5.32 Å². The summed E-state index contributed by atoms with van der Waals surface area (Å²) in [5.74, 6) is -0.239. The first kappa shape index (κ1) is 17.7. The van der Waals surface area contributed by atoms with Gasteiger partial charge in [-0.1, -0.05) is 26.8 Å². The van der Waals surface area contributed by atoms with Crippen LogP contribution in [0.2, 0.25) is 0 Å². The maximum atomic E-state index is 12.0. The highest BCUT2D eigenvalue weighted by molar-refractivity contribution is 5.95. The van der Waals surface area contributed by atoms with E-state index in [1.807, 2.05) is 20.8 Å². The van der Waals surface area contributed by atoms with Gasteiger partial charge in [-0.05, 0) is 29.7 Å². The molecule has 5 N–H and O–H groups in total. The third-order valence-electron chi connectivity index (χ3n) is 3.03. The number of amides is 3. The number of carbonyl (C=O) groups excluding carboxylic acids is 2. The van der Waals surface area contributed by atoms with Gasteiger partial charge in [-0.25, -0.2) is 4.79 Å². The number of nitrogens with one attached hydrogen (secondary N) is 3. The van der Waals surface area contributed by atoms with Crippen LogP contribution in [-0.4, -0.2) is 24.5 Å². The summed E-state index contributed by atoms with van der Waals surface area (Å²) in [7, 11) is 0. The van der Waals surface area contributed by atoms with Crippen LogP contribution < -0.4 is 21.7 Å². The molecule has 1 aromatic carbocycles. The molecule has 0 bridgehead atoms. The molecule has 0 radical (unpaired) electrons. The Bertz CT molecular complexity index is 532. The monoisotopic (exact) mass is 304 g/mol. The Balaban J connectivity index is 2.60. The summed E-state index contributed by atoms with van der Waals surface area (Å²) in [6, 6.07) is 5.89. The molecule has 0 heterocycles. The zero-order valence-corrected chi connectivity index (χ0v) is 13.3. The molecule has 120 valence electrons. The van der Waals surface area contributed by atoms with E-state index >= 15 is 0 Å². The van der Waals surface area contributed by atoms with Crippen LogP contribution in [0.15, 0.2) is 36.9 Å². The zero-order chi connectivity index (χ0) is 16.8. The van der Waals surface area contributed by atoms with Crippen molar-refractivity contribution in [3.63, 3.8) is 0 Å². The summed E-state index contributed by atoms with van der Waals surface area (Å²) in [6.07, 6.45) is 1.59. The molecule has 0 saturated carbocycles. The van der Waals surface area contributed by atoms with Crippen LogP contribution in [0.1, 0.15) is 20.8 Å². The molecule has 0 unspecified atom stereocenters. The van der Waals surface area contributed by atoms with Gasteiger partial charge in [0.25, 0.3) is 0 Å². The van der Waals surface area contributed by atoms with E-state index in [0.29, 0.717) is 17.9 Å². The second kappa shape index (κ2) is 7.61. The van der Waals surface area contributed by atoms with Crippen LogP contribution in [0.4, 0.5) is 16.2 Å². The smallest absolute Gasteiger partial charge is 0.319 e. The van der Waals surface area contributed by atoms with Gasteiger partial charge in [-0.2, -0.15) is 0 Å². The molecular weight excluding hydrogens is 280 g/mol. The van der Waals surface area contributed by atoms with Crippen LogP contribution in [0.3, 0.4) is 0 Å². The van der Waals surface area contributed by atoms with Crippen LogP contribution in [0.25, 0.3) is 0 Å². The molecule has 0 aliphatic carbocycles. The minimum Gasteiger partial charge on any atom is -0.334 e. The van der Waals surface area contributed by atoms with E-state index in [1.54, 1.807) is 30.3 Å². The number of anilines is 2. The standard InChI is InChI=1S/C16H24N4O2/c1-5-10-18-15(22)20-12-8-6-11(7-9-12)19-14(21)13(17)16(2,3)4/h5-9,13H,1,10,17H2,2-4H3,(H,19,21)(H2,18,20,22)/t13-/m1/s1. The van der Waals surface area contributed by atoms with Gasteiger partial charge in [-0.15, -0.1) is 6.58 Å². The topological polar surface area (TPSA) is 96.2 Å². The van der Waals surface area contributed by atoms with Gasteiger partial charge in [0.15, 0.2) is 0 Å². The summed E-state index contributed by atoms with van der Waals surface area (Å²) < 4.78 is 0. The summed E-state index contributed by atoms with van der Waals surface area (Å²) in [4.78, 5) is 23.5. The lowest BCUT2D eigenvalue weighted by molar-refractivity contribution is -0.119. The van der Waals surface area contributed by atoms with Crippen molar-refractivity contribution in [2.24, 2.45) is 11.1 Å². The highest BCUT2D eigenvalue weighted by atomic mass is 16.2. The van der Waals surface area contributed by atoms with Gasteiger partial charge >= 0.3 is 6.03 Å². The molecule has 0 fully saturated rings. The largest absolute Gasteiger partial charge is 0.334 e. The lowest BCUT2D eigenvalue weighted by atomic mass is 9.87. The number of rotatable bonds is 5. The third-order valence-corrected chi connectivity index (χ3v) is 3.03. The first-order valence-electron chi connectivity index (χ1n) is 7.06.